The highest BCUT2D eigenvalue weighted by Gasteiger charge is 2.09. The van der Waals surface area contributed by atoms with Gasteiger partial charge in [-0.25, -0.2) is 9.97 Å². The predicted octanol–water partition coefficient (Wildman–Crippen LogP) is 3.81. The van der Waals surface area contributed by atoms with Gasteiger partial charge in [0.1, 0.15) is 11.5 Å². The van der Waals surface area contributed by atoms with Gasteiger partial charge in [0.25, 0.3) is 5.91 Å². The molecule has 1 amide bonds. The lowest BCUT2D eigenvalue weighted by Gasteiger charge is -2.08. The summed E-state index contributed by atoms with van der Waals surface area (Å²) in [5.41, 5.74) is 3.10. The van der Waals surface area contributed by atoms with Gasteiger partial charge < -0.3 is 10.6 Å². The summed E-state index contributed by atoms with van der Waals surface area (Å²) >= 11 is 3.43. The van der Waals surface area contributed by atoms with Gasteiger partial charge in [-0.2, -0.15) is 0 Å². The Morgan fingerprint density at radius 2 is 1.92 bits per heavy atom. The fourth-order valence-corrected chi connectivity index (χ4v) is 2.39. The van der Waals surface area contributed by atoms with Crippen LogP contribution >= 0.6 is 15.9 Å². The van der Waals surface area contributed by atoms with Crippen LogP contribution in [0.15, 0.2) is 59.6 Å². The molecule has 0 fully saturated rings. The van der Waals surface area contributed by atoms with Crippen LogP contribution in [-0.2, 0) is 6.54 Å². The Morgan fingerprint density at radius 3 is 2.60 bits per heavy atom. The molecule has 0 aliphatic heterocycles. The number of benzene rings is 1. The molecule has 0 saturated carbocycles. The lowest BCUT2D eigenvalue weighted by Crippen LogP contribution is -2.14. The molecule has 3 rings (SSSR count). The molecule has 3 aromatic rings. The molecular weight excluding hydrogens is 382 g/mol. The zero-order valence-corrected chi connectivity index (χ0v) is 15.1. The average Bonchev–Trinajstić information content (AvgIpc) is 2.64. The molecule has 2 aromatic heterocycles. The summed E-state index contributed by atoms with van der Waals surface area (Å²) in [6, 6.07) is 9.45. The minimum atomic E-state index is -0.296. The van der Waals surface area contributed by atoms with Gasteiger partial charge in [0.15, 0.2) is 0 Å². The highest BCUT2D eigenvalue weighted by atomic mass is 79.9. The van der Waals surface area contributed by atoms with Crippen molar-refractivity contribution in [2.75, 3.05) is 10.6 Å². The van der Waals surface area contributed by atoms with E-state index < -0.39 is 0 Å². The van der Waals surface area contributed by atoms with E-state index in [2.05, 4.69) is 41.5 Å². The SMILES string of the molecule is Cc1cc(NC(=O)c2cnc(NCc3ccncc3)cn2)ccc1Br. The Labute approximate surface area is 153 Å². The number of anilines is 2. The Kier molecular flexibility index (Phi) is 5.35. The second-order valence-electron chi connectivity index (χ2n) is 5.41. The van der Waals surface area contributed by atoms with Crippen molar-refractivity contribution >= 4 is 33.3 Å². The lowest BCUT2D eigenvalue weighted by atomic mass is 10.2. The van der Waals surface area contributed by atoms with E-state index in [4.69, 9.17) is 0 Å². The number of carbonyl (C=O) groups excluding carboxylic acids is 1. The van der Waals surface area contributed by atoms with Crippen LogP contribution in [0.1, 0.15) is 21.6 Å². The van der Waals surface area contributed by atoms with Crippen LogP contribution in [0.5, 0.6) is 0 Å². The minimum absolute atomic E-state index is 0.259. The van der Waals surface area contributed by atoms with E-state index in [-0.39, 0.29) is 11.6 Å². The summed E-state index contributed by atoms with van der Waals surface area (Å²) in [4.78, 5) is 24.6. The third-order valence-corrected chi connectivity index (χ3v) is 4.41. The van der Waals surface area contributed by atoms with Crippen LogP contribution in [0.25, 0.3) is 0 Å². The number of carbonyl (C=O) groups is 1. The second-order valence-corrected chi connectivity index (χ2v) is 6.27. The van der Waals surface area contributed by atoms with Crippen LogP contribution in [0, 0.1) is 6.92 Å². The normalized spacial score (nSPS) is 10.3. The summed E-state index contributed by atoms with van der Waals surface area (Å²) in [7, 11) is 0. The van der Waals surface area contributed by atoms with Crippen molar-refractivity contribution in [1.82, 2.24) is 15.0 Å². The zero-order valence-electron chi connectivity index (χ0n) is 13.5. The number of amides is 1. The van der Waals surface area contributed by atoms with E-state index in [0.29, 0.717) is 18.1 Å². The topological polar surface area (TPSA) is 79.8 Å². The molecule has 25 heavy (non-hydrogen) atoms. The molecule has 7 heteroatoms. The van der Waals surface area contributed by atoms with Crippen LogP contribution in [0.3, 0.4) is 0 Å². The number of nitrogens with zero attached hydrogens (tertiary/aromatic N) is 3. The molecule has 0 atom stereocenters. The minimum Gasteiger partial charge on any atom is -0.365 e. The fourth-order valence-electron chi connectivity index (χ4n) is 2.15. The maximum Gasteiger partial charge on any atom is 0.275 e. The van der Waals surface area contributed by atoms with E-state index >= 15 is 0 Å². The first kappa shape index (κ1) is 17.0. The monoisotopic (exact) mass is 397 g/mol. The van der Waals surface area contributed by atoms with Gasteiger partial charge in [-0.05, 0) is 48.4 Å². The van der Waals surface area contributed by atoms with Crippen molar-refractivity contribution in [2.45, 2.75) is 13.5 Å². The van der Waals surface area contributed by atoms with Crippen LogP contribution in [-0.4, -0.2) is 20.9 Å². The van der Waals surface area contributed by atoms with Crippen molar-refractivity contribution in [1.29, 1.82) is 0 Å². The Bertz CT molecular complexity index is 868. The molecular formula is C18H16BrN5O. The number of halogens is 1. The van der Waals surface area contributed by atoms with Crippen LogP contribution < -0.4 is 10.6 Å². The van der Waals surface area contributed by atoms with Crippen molar-refractivity contribution in [3.05, 3.63) is 76.4 Å². The molecule has 2 N–H and O–H groups in total. The summed E-state index contributed by atoms with van der Waals surface area (Å²) in [6.45, 7) is 2.57. The third-order valence-electron chi connectivity index (χ3n) is 3.52. The molecule has 1 aromatic carbocycles. The number of nitrogens with one attached hydrogen (secondary N) is 2. The molecule has 2 heterocycles. The summed E-state index contributed by atoms with van der Waals surface area (Å²) in [6.07, 6.45) is 6.47. The van der Waals surface area contributed by atoms with E-state index in [1.165, 1.54) is 6.20 Å². The molecule has 0 saturated heterocycles. The van der Waals surface area contributed by atoms with Gasteiger partial charge in [0.05, 0.1) is 12.4 Å². The molecule has 0 aliphatic carbocycles. The molecule has 0 unspecified atom stereocenters. The quantitative estimate of drug-likeness (QED) is 0.684. The highest BCUT2D eigenvalue weighted by molar-refractivity contribution is 9.10. The first-order chi connectivity index (χ1) is 12.1. The number of pyridine rings is 1. The smallest absolute Gasteiger partial charge is 0.275 e. The van der Waals surface area contributed by atoms with E-state index in [1.54, 1.807) is 18.6 Å². The largest absolute Gasteiger partial charge is 0.365 e. The standard InChI is InChI=1S/C18H16BrN5O/c1-12-8-14(2-3-15(12)19)24-18(25)16-10-23-17(11-21-16)22-9-13-4-6-20-7-5-13/h2-8,10-11H,9H2,1H3,(H,22,23)(H,24,25). The van der Waals surface area contributed by atoms with Crippen molar-refractivity contribution in [3.8, 4) is 0 Å². The number of hydrogen-bond donors (Lipinski definition) is 2. The van der Waals surface area contributed by atoms with Gasteiger partial charge >= 0.3 is 0 Å². The van der Waals surface area contributed by atoms with Crippen molar-refractivity contribution < 1.29 is 4.79 Å². The first-order valence-electron chi connectivity index (χ1n) is 7.64. The number of aryl methyl sites for hydroxylation is 1. The van der Waals surface area contributed by atoms with Crippen molar-refractivity contribution in [3.63, 3.8) is 0 Å². The third kappa shape index (κ3) is 4.60. The van der Waals surface area contributed by atoms with E-state index in [0.717, 1.165) is 15.6 Å². The fraction of sp³-hybridized carbons (Fsp3) is 0.111. The maximum absolute atomic E-state index is 12.2. The van der Waals surface area contributed by atoms with Gasteiger partial charge in [-0.3, -0.25) is 9.78 Å². The number of rotatable bonds is 5. The van der Waals surface area contributed by atoms with Gasteiger partial charge in [-0.15, -0.1) is 0 Å². The van der Waals surface area contributed by atoms with Gasteiger partial charge in [0.2, 0.25) is 0 Å². The zero-order chi connectivity index (χ0) is 17.6. The number of aromatic nitrogens is 3. The van der Waals surface area contributed by atoms with Crippen LogP contribution in [0.2, 0.25) is 0 Å². The Balaban J connectivity index is 1.61. The molecule has 0 radical (unpaired) electrons. The highest BCUT2D eigenvalue weighted by Crippen LogP contribution is 2.20. The molecule has 0 aliphatic rings. The Hall–Kier alpha value is -2.80. The summed E-state index contributed by atoms with van der Waals surface area (Å²) < 4.78 is 0.995. The van der Waals surface area contributed by atoms with E-state index in [1.807, 2.05) is 37.3 Å². The van der Waals surface area contributed by atoms with Gasteiger partial charge in [-0.1, -0.05) is 15.9 Å². The molecule has 6 nitrogen and oxygen atoms in total. The first-order valence-corrected chi connectivity index (χ1v) is 8.43. The van der Waals surface area contributed by atoms with Crippen molar-refractivity contribution in [2.24, 2.45) is 0 Å². The van der Waals surface area contributed by atoms with Crippen LogP contribution in [0.4, 0.5) is 11.5 Å². The molecule has 126 valence electrons. The summed E-state index contributed by atoms with van der Waals surface area (Å²) in [5.74, 6) is 0.308. The summed E-state index contributed by atoms with van der Waals surface area (Å²) in [5, 5.41) is 5.97. The molecule has 0 spiro atoms. The van der Waals surface area contributed by atoms with Gasteiger partial charge in [0, 0.05) is 29.1 Å². The predicted molar refractivity (Wildman–Crippen MR) is 100 cm³/mol. The molecule has 0 bridgehead atoms. The second kappa shape index (κ2) is 7.85. The average molecular weight is 398 g/mol. The Morgan fingerprint density at radius 1 is 1.12 bits per heavy atom. The lowest BCUT2D eigenvalue weighted by molar-refractivity contribution is 0.102. The van der Waals surface area contributed by atoms with E-state index in [9.17, 15) is 4.79 Å². The number of hydrogen-bond acceptors (Lipinski definition) is 5. The maximum atomic E-state index is 12.2.